The second-order valence-corrected chi connectivity index (χ2v) is 3.91. The molecule has 0 aliphatic rings. The first kappa shape index (κ1) is 11.0. The third kappa shape index (κ3) is 2.55. The molecular weight excluding hydrogens is 237 g/mol. The summed E-state index contributed by atoms with van der Waals surface area (Å²) >= 11 is 0.929. The molecule has 0 saturated carbocycles. The van der Waals surface area contributed by atoms with Gasteiger partial charge in [0.15, 0.2) is 5.06 Å². The van der Waals surface area contributed by atoms with Crippen molar-refractivity contribution in [2.24, 2.45) is 0 Å². The number of rotatable bonds is 2. The zero-order valence-corrected chi connectivity index (χ0v) is 8.81. The largest absolute Gasteiger partial charge is 0.573 e. The summed E-state index contributed by atoms with van der Waals surface area (Å²) in [5.41, 5.74) is 1.17. The van der Waals surface area contributed by atoms with Crippen LogP contribution in [0.3, 0.4) is 0 Å². The number of hydrogen-bond donors (Lipinski definition) is 0. The van der Waals surface area contributed by atoms with E-state index in [1.807, 2.05) is 0 Å². The van der Waals surface area contributed by atoms with Crippen molar-refractivity contribution in [3.8, 4) is 16.2 Å². The predicted octanol–water partition coefficient (Wildman–Crippen LogP) is 4.31. The van der Waals surface area contributed by atoms with E-state index in [9.17, 15) is 13.2 Å². The minimum Gasteiger partial charge on any atom is -0.395 e. The molecule has 2 rings (SSSR count). The van der Waals surface area contributed by atoms with Crippen molar-refractivity contribution in [3.63, 3.8) is 0 Å². The van der Waals surface area contributed by atoms with Gasteiger partial charge in [-0.3, -0.25) is 0 Å². The zero-order chi connectivity index (χ0) is 11.6. The normalized spacial score (nSPS) is 11.4. The van der Waals surface area contributed by atoms with E-state index < -0.39 is 6.36 Å². The van der Waals surface area contributed by atoms with E-state index in [0.29, 0.717) is 11.1 Å². The first-order valence-electron chi connectivity index (χ1n) is 4.45. The highest BCUT2D eigenvalue weighted by atomic mass is 32.1. The molecular formula is C11H7F3OS. The van der Waals surface area contributed by atoms with Gasteiger partial charge in [-0.15, -0.1) is 24.5 Å². The Morgan fingerprint density at radius 1 is 1.00 bits per heavy atom. The van der Waals surface area contributed by atoms with Gasteiger partial charge in [-0.25, -0.2) is 0 Å². The lowest BCUT2D eigenvalue weighted by atomic mass is 10.1. The molecule has 1 heterocycles. The summed E-state index contributed by atoms with van der Waals surface area (Å²) in [7, 11) is 0. The number of alkyl halides is 3. The highest BCUT2D eigenvalue weighted by Crippen LogP contribution is 2.38. The highest BCUT2D eigenvalue weighted by Gasteiger charge is 2.32. The van der Waals surface area contributed by atoms with Crippen LogP contribution in [0.15, 0.2) is 41.8 Å². The summed E-state index contributed by atoms with van der Waals surface area (Å²) in [4.78, 5) is 0. The van der Waals surface area contributed by atoms with Crippen LogP contribution in [0.1, 0.15) is 0 Å². The summed E-state index contributed by atoms with van der Waals surface area (Å²) in [6.45, 7) is 0. The van der Waals surface area contributed by atoms with Crippen LogP contribution in [0.4, 0.5) is 13.2 Å². The van der Waals surface area contributed by atoms with Gasteiger partial charge in [0.25, 0.3) is 0 Å². The fraction of sp³-hybridized carbons (Fsp3) is 0.0909. The van der Waals surface area contributed by atoms with Crippen LogP contribution in [0.25, 0.3) is 11.1 Å². The number of ether oxygens (including phenoxy) is 1. The van der Waals surface area contributed by atoms with E-state index in [1.54, 1.807) is 41.8 Å². The third-order valence-electron chi connectivity index (χ3n) is 1.92. The van der Waals surface area contributed by atoms with E-state index in [2.05, 4.69) is 4.74 Å². The maximum Gasteiger partial charge on any atom is 0.573 e. The summed E-state index contributed by atoms with van der Waals surface area (Å²) in [5, 5.41) is 1.45. The molecule has 0 bridgehead atoms. The Morgan fingerprint density at radius 2 is 1.69 bits per heavy atom. The molecule has 5 heteroatoms. The predicted molar refractivity (Wildman–Crippen MR) is 56.4 cm³/mol. The van der Waals surface area contributed by atoms with Crippen LogP contribution in [-0.2, 0) is 0 Å². The molecule has 84 valence electrons. The molecule has 1 aromatic heterocycles. The molecule has 1 nitrogen and oxygen atoms in total. The number of thiophene rings is 1. The van der Waals surface area contributed by atoms with Crippen molar-refractivity contribution < 1.29 is 17.9 Å². The van der Waals surface area contributed by atoms with Crippen molar-refractivity contribution in [1.82, 2.24) is 0 Å². The number of hydrogen-bond acceptors (Lipinski definition) is 2. The van der Waals surface area contributed by atoms with Gasteiger partial charge >= 0.3 is 6.36 Å². The van der Waals surface area contributed by atoms with Crippen molar-refractivity contribution in [3.05, 3.63) is 41.8 Å². The smallest absolute Gasteiger partial charge is 0.395 e. The Morgan fingerprint density at radius 3 is 2.31 bits per heavy atom. The molecule has 0 unspecified atom stereocenters. The monoisotopic (exact) mass is 244 g/mol. The van der Waals surface area contributed by atoms with Gasteiger partial charge in [0.1, 0.15) is 0 Å². The fourth-order valence-electron chi connectivity index (χ4n) is 1.31. The van der Waals surface area contributed by atoms with Crippen LogP contribution >= 0.6 is 11.3 Å². The van der Waals surface area contributed by atoms with Crippen LogP contribution in [0, 0.1) is 0 Å². The summed E-state index contributed by atoms with van der Waals surface area (Å²) < 4.78 is 40.2. The molecule has 0 radical (unpaired) electrons. The fourth-order valence-corrected chi connectivity index (χ4v) is 2.09. The number of halogens is 3. The van der Waals surface area contributed by atoms with Crippen LogP contribution in [0.5, 0.6) is 5.06 Å². The van der Waals surface area contributed by atoms with Gasteiger partial charge in [0.2, 0.25) is 0 Å². The standard InChI is InChI=1S/C11H7F3OS/c12-11(13,14)15-10-9(6-7-16-10)8-4-2-1-3-5-8/h1-7H. The SMILES string of the molecule is FC(F)(F)Oc1sccc1-c1ccccc1. The first-order valence-corrected chi connectivity index (χ1v) is 5.33. The van der Waals surface area contributed by atoms with Crippen LogP contribution in [-0.4, -0.2) is 6.36 Å². The van der Waals surface area contributed by atoms with Crippen LogP contribution < -0.4 is 4.74 Å². The van der Waals surface area contributed by atoms with E-state index in [0.717, 1.165) is 11.3 Å². The average molecular weight is 244 g/mol. The molecule has 0 saturated heterocycles. The summed E-state index contributed by atoms with van der Waals surface area (Å²) in [6, 6.07) is 10.4. The molecule has 0 N–H and O–H groups in total. The molecule has 0 atom stereocenters. The van der Waals surface area contributed by atoms with Crippen molar-refractivity contribution >= 4 is 11.3 Å². The Balaban J connectivity index is 2.33. The highest BCUT2D eigenvalue weighted by molar-refractivity contribution is 7.12. The lowest BCUT2D eigenvalue weighted by Gasteiger charge is -2.08. The van der Waals surface area contributed by atoms with Crippen molar-refractivity contribution in [1.29, 1.82) is 0 Å². The summed E-state index contributed by atoms with van der Waals surface area (Å²) in [6.07, 6.45) is -4.64. The molecule has 0 spiro atoms. The molecule has 0 fully saturated rings. The van der Waals surface area contributed by atoms with Crippen molar-refractivity contribution in [2.75, 3.05) is 0 Å². The van der Waals surface area contributed by atoms with Crippen molar-refractivity contribution in [2.45, 2.75) is 6.36 Å². The third-order valence-corrected chi connectivity index (χ3v) is 2.71. The Bertz CT molecular complexity index is 462. The van der Waals surface area contributed by atoms with Gasteiger partial charge in [0, 0.05) is 5.56 Å². The van der Waals surface area contributed by atoms with Gasteiger partial charge in [-0.1, -0.05) is 30.3 Å². The molecule has 1 aromatic carbocycles. The Kier molecular flexibility index (Phi) is 2.87. The summed E-state index contributed by atoms with van der Waals surface area (Å²) in [5.74, 6) is 0. The van der Waals surface area contributed by atoms with E-state index in [4.69, 9.17) is 0 Å². The van der Waals surface area contributed by atoms with Gasteiger partial charge in [0.05, 0.1) is 0 Å². The lowest BCUT2D eigenvalue weighted by Crippen LogP contribution is -2.16. The molecule has 2 aromatic rings. The topological polar surface area (TPSA) is 9.23 Å². The Hall–Kier alpha value is -1.49. The maximum atomic E-state index is 12.1. The van der Waals surface area contributed by atoms with E-state index in [1.165, 1.54) is 0 Å². The molecule has 0 aliphatic heterocycles. The number of benzene rings is 1. The minimum atomic E-state index is -4.64. The molecule has 0 amide bonds. The van der Waals surface area contributed by atoms with Crippen LogP contribution in [0.2, 0.25) is 0 Å². The van der Waals surface area contributed by atoms with Gasteiger partial charge in [-0.2, -0.15) is 0 Å². The van der Waals surface area contributed by atoms with E-state index >= 15 is 0 Å². The quantitative estimate of drug-likeness (QED) is 0.764. The first-order chi connectivity index (χ1) is 7.56. The Labute approximate surface area is 94.1 Å². The van der Waals surface area contributed by atoms with E-state index in [-0.39, 0.29) is 5.06 Å². The molecule has 16 heavy (non-hydrogen) atoms. The molecule has 0 aliphatic carbocycles. The van der Waals surface area contributed by atoms with Gasteiger partial charge in [-0.05, 0) is 17.0 Å². The lowest BCUT2D eigenvalue weighted by molar-refractivity contribution is -0.273. The second-order valence-electron chi connectivity index (χ2n) is 3.04. The maximum absolute atomic E-state index is 12.1. The van der Waals surface area contributed by atoms with Gasteiger partial charge < -0.3 is 4.74 Å². The second kappa shape index (κ2) is 4.17. The minimum absolute atomic E-state index is 0.126. The average Bonchev–Trinajstić information content (AvgIpc) is 2.64. The zero-order valence-electron chi connectivity index (χ0n) is 7.99.